The van der Waals surface area contributed by atoms with Crippen LogP contribution in [-0.4, -0.2) is 21.3 Å². The van der Waals surface area contributed by atoms with Crippen LogP contribution in [0, 0.1) is 0 Å². The summed E-state index contributed by atoms with van der Waals surface area (Å²) < 4.78 is 4.59. The van der Waals surface area contributed by atoms with Crippen LogP contribution in [0.1, 0.15) is 12.6 Å². The van der Waals surface area contributed by atoms with E-state index in [9.17, 15) is 4.79 Å². The molecule has 0 aliphatic rings. The van der Waals surface area contributed by atoms with Gasteiger partial charge in [0.1, 0.15) is 12.3 Å². The molecule has 5 nitrogen and oxygen atoms in total. The number of H-pyrrole nitrogens is 1. The topological polar surface area (TPSA) is 75.2 Å². The molecule has 0 saturated heterocycles. The van der Waals surface area contributed by atoms with Gasteiger partial charge >= 0.3 is 5.97 Å². The van der Waals surface area contributed by atoms with Crippen molar-refractivity contribution in [1.29, 1.82) is 0 Å². The molecule has 0 spiro atoms. The molecule has 1 aromatic rings. The summed E-state index contributed by atoms with van der Waals surface area (Å²) in [7, 11) is 0. The Hall–Kier alpha value is -1.52. The van der Waals surface area contributed by atoms with Gasteiger partial charge in [0.15, 0.2) is 5.75 Å². The highest BCUT2D eigenvalue weighted by molar-refractivity contribution is 5.65. The number of hydrogen-bond acceptors (Lipinski definition) is 4. The predicted octanol–water partition coefficient (Wildman–Crippen LogP) is 0.178. The average molecular weight is 156 g/mol. The number of rotatable bonds is 2. The Balaban J connectivity index is 2.51. The van der Waals surface area contributed by atoms with Gasteiger partial charge in [-0.25, -0.2) is 0 Å². The minimum atomic E-state index is -0.396. The van der Waals surface area contributed by atoms with Gasteiger partial charge in [0, 0.05) is 6.92 Å². The molecule has 0 bridgehead atoms. The van der Waals surface area contributed by atoms with Gasteiger partial charge in [-0.1, -0.05) is 0 Å². The van der Waals surface area contributed by atoms with Crippen molar-refractivity contribution in [3.8, 4) is 5.75 Å². The molecule has 1 aromatic heterocycles. The molecule has 1 heterocycles. The third kappa shape index (κ3) is 1.96. The molecule has 0 atom stereocenters. The first-order valence-electron chi connectivity index (χ1n) is 3.05. The van der Waals surface area contributed by atoms with E-state index in [4.69, 9.17) is 5.11 Å². The smallest absolute Gasteiger partial charge is 0.303 e. The second-order valence-corrected chi connectivity index (χ2v) is 2.00. The summed E-state index contributed by atoms with van der Waals surface area (Å²) in [6.07, 6.45) is 1.32. The zero-order valence-electron chi connectivity index (χ0n) is 6.00. The van der Waals surface area contributed by atoms with E-state index in [0.717, 1.165) is 0 Å². The Morgan fingerprint density at radius 2 is 2.64 bits per heavy atom. The molecule has 0 unspecified atom stereocenters. The Kier molecular flexibility index (Phi) is 2.10. The molecule has 2 N–H and O–H groups in total. The zero-order chi connectivity index (χ0) is 8.27. The summed E-state index contributed by atoms with van der Waals surface area (Å²) in [5.41, 5.74) is 0.334. The highest BCUT2D eigenvalue weighted by Crippen LogP contribution is 2.12. The molecule has 0 amide bonds. The van der Waals surface area contributed by atoms with Crippen LogP contribution in [0.2, 0.25) is 0 Å². The molecule has 5 heteroatoms. The van der Waals surface area contributed by atoms with Crippen LogP contribution in [0.5, 0.6) is 5.75 Å². The standard InChI is InChI=1S/C6H8N2O3/c1-4(9)11-3-5-6(10)2-7-8-5/h2,10H,3H2,1H3,(H,7,8). The van der Waals surface area contributed by atoms with Crippen molar-refractivity contribution >= 4 is 5.97 Å². The average Bonchev–Trinajstić information content (AvgIpc) is 2.31. The van der Waals surface area contributed by atoms with E-state index in [1.54, 1.807) is 0 Å². The summed E-state index contributed by atoms with van der Waals surface area (Å²) in [5, 5.41) is 15.0. The molecule has 0 saturated carbocycles. The van der Waals surface area contributed by atoms with Crippen molar-refractivity contribution < 1.29 is 14.6 Å². The third-order valence-corrected chi connectivity index (χ3v) is 1.11. The monoisotopic (exact) mass is 156 g/mol. The van der Waals surface area contributed by atoms with Crippen LogP contribution >= 0.6 is 0 Å². The van der Waals surface area contributed by atoms with E-state index in [1.807, 2.05) is 0 Å². The number of nitrogens with one attached hydrogen (secondary N) is 1. The minimum absolute atomic E-state index is 0.00463. The van der Waals surface area contributed by atoms with E-state index in [-0.39, 0.29) is 12.4 Å². The Labute approximate surface area is 63.0 Å². The van der Waals surface area contributed by atoms with Crippen molar-refractivity contribution in [2.75, 3.05) is 0 Å². The molecule has 0 radical (unpaired) electrons. The van der Waals surface area contributed by atoms with Crippen molar-refractivity contribution in [1.82, 2.24) is 10.2 Å². The van der Waals surface area contributed by atoms with Gasteiger partial charge in [0.2, 0.25) is 0 Å². The lowest BCUT2D eigenvalue weighted by Crippen LogP contribution is -1.99. The summed E-state index contributed by atoms with van der Waals surface area (Å²) >= 11 is 0. The van der Waals surface area contributed by atoms with Crippen LogP contribution in [0.15, 0.2) is 6.20 Å². The SMILES string of the molecule is CC(=O)OCc1n[nH]cc1O. The second-order valence-electron chi connectivity index (χ2n) is 2.00. The molecule has 0 aromatic carbocycles. The van der Waals surface area contributed by atoms with E-state index in [2.05, 4.69) is 14.9 Å². The van der Waals surface area contributed by atoms with Gasteiger partial charge in [-0.2, -0.15) is 5.10 Å². The molecule has 1 rings (SSSR count). The number of ether oxygens (including phenoxy) is 1. The first-order valence-corrected chi connectivity index (χ1v) is 3.05. The lowest BCUT2D eigenvalue weighted by atomic mass is 10.4. The van der Waals surface area contributed by atoms with E-state index in [1.165, 1.54) is 13.1 Å². The summed E-state index contributed by atoms with van der Waals surface area (Å²) in [4.78, 5) is 10.3. The van der Waals surface area contributed by atoms with Crippen molar-refractivity contribution in [3.05, 3.63) is 11.9 Å². The van der Waals surface area contributed by atoms with E-state index >= 15 is 0 Å². The van der Waals surface area contributed by atoms with Crippen LogP contribution < -0.4 is 0 Å². The number of aromatic nitrogens is 2. The van der Waals surface area contributed by atoms with E-state index in [0.29, 0.717) is 5.69 Å². The quantitative estimate of drug-likeness (QED) is 0.599. The second kappa shape index (κ2) is 3.05. The van der Waals surface area contributed by atoms with Crippen LogP contribution in [0.4, 0.5) is 0 Å². The lowest BCUT2D eigenvalue weighted by molar-refractivity contribution is -0.142. The normalized spacial score (nSPS) is 9.55. The Bertz CT molecular complexity index is 256. The van der Waals surface area contributed by atoms with Crippen molar-refractivity contribution in [2.45, 2.75) is 13.5 Å². The third-order valence-electron chi connectivity index (χ3n) is 1.11. The van der Waals surface area contributed by atoms with Crippen molar-refractivity contribution in [2.24, 2.45) is 0 Å². The van der Waals surface area contributed by atoms with Crippen LogP contribution in [0.3, 0.4) is 0 Å². The summed E-state index contributed by atoms with van der Waals surface area (Å²) in [5.74, 6) is -0.390. The van der Waals surface area contributed by atoms with E-state index < -0.39 is 5.97 Å². The van der Waals surface area contributed by atoms with Gasteiger partial charge < -0.3 is 9.84 Å². The summed E-state index contributed by atoms with van der Waals surface area (Å²) in [6, 6.07) is 0. The van der Waals surface area contributed by atoms with Crippen LogP contribution in [0.25, 0.3) is 0 Å². The van der Waals surface area contributed by atoms with Gasteiger partial charge in [0.25, 0.3) is 0 Å². The molecule has 11 heavy (non-hydrogen) atoms. The minimum Gasteiger partial charge on any atom is -0.504 e. The summed E-state index contributed by atoms with van der Waals surface area (Å²) in [6.45, 7) is 1.30. The first kappa shape index (κ1) is 7.59. The largest absolute Gasteiger partial charge is 0.504 e. The van der Waals surface area contributed by atoms with Gasteiger partial charge in [-0.15, -0.1) is 0 Å². The van der Waals surface area contributed by atoms with Gasteiger partial charge in [-0.3, -0.25) is 9.89 Å². The molecular weight excluding hydrogens is 148 g/mol. The lowest BCUT2D eigenvalue weighted by Gasteiger charge is -1.96. The van der Waals surface area contributed by atoms with Crippen molar-refractivity contribution in [3.63, 3.8) is 0 Å². The zero-order valence-corrected chi connectivity index (χ0v) is 6.00. The van der Waals surface area contributed by atoms with Gasteiger partial charge in [-0.05, 0) is 0 Å². The number of aromatic amines is 1. The highest BCUT2D eigenvalue weighted by atomic mass is 16.5. The number of nitrogens with zero attached hydrogens (tertiary/aromatic N) is 1. The Morgan fingerprint density at radius 1 is 1.91 bits per heavy atom. The molecule has 60 valence electrons. The number of aromatic hydroxyl groups is 1. The maximum atomic E-state index is 10.3. The first-order chi connectivity index (χ1) is 5.20. The molecule has 0 fully saturated rings. The maximum absolute atomic E-state index is 10.3. The fourth-order valence-corrected chi connectivity index (χ4v) is 0.588. The molecule has 0 aliphatic heterocycles. The number of carbonyl (C=O) groups excluding carboxylic acids is 1. The fraction of sp³-hybridized carbons (Fsp3) is 0.333. The predicted molar refractivity (Wildman–Crippen MR) is 35.7 cm³/mol. The Morgan fingerprint density at radius 3 is 3.09 bits per heavy atom. The molecular formula is C6H8N2O3. The van der Waals surface area contributed by atoms with Gasteiger partial charge in [0.05, 0.1) is 6.20 Å². The maximum Gasteiger partial charge on any atom is 0.303 e. The number of carbonyl (C=O) groups is 1. The number of esters is 1. The number of hydrogen-bond donors (Lipinski definition) is 2. The molecule has 0 aliphatic carbocycles. The van der Waals surface area contributed by atoms with Crippen LogP contribution in [-0.2, 0) is 16.1 Å². The fourth-order valence-electron chi connectivity index (χ4n) is 0.588. The highest BCUT2D eigenvalue weighted by Gasteiger charge is 2.04.